The summed E-state index contributed by atoms with van der Waals surface area (Å²) in [4.78, 5) is 78.9. The molecule has 0 radical (unpaired) electrons. The number of amides is 3. The summed E-state index contributed by atoms with van der Waals surface area (Å²) in [6.45, 7) is 7.30. The SMILES string of the molecule is CC(C)(C)OC(=O)CC[C@H](NC(=O)CNC(=O)OCC1c2ccccc2-c2ccccc21)C(=O)NC1CC2(CC(Cc3ccc([C@@H]4O[C@@H]5C[C@H]6[C@@H]7C[C@H](F)C8=CC(=O)C=C[C@]8(C)[C@@]7(F)[C@@H](O)C[C@]6(C)[C@]5(C(=O)CO)O4)cc3)C2)C1. The number of fused-ring (bicyclic) bond motifs is 10. The van der Waals surface area contributed by atoms with Crippen LogP contribution in [0.4, 0.5) is 13.6 Å². The monoisotopic (exact) mass is 1090 g/mol. The number of hydrogen-bond donors (Lipinski definition) is 5. The fourth-order valence-electron chi connectivity index (χ4n) is 15.9. The summed E-state index contributed by atoms with van der Waals surface area (Å²) in [5, 5.41) is 30.6. The quantitative estimate of drug-likeness (QED) is 0.0927. The summed E-state index contributed by atoms with van der Waals surface area (Å²) in [6, 6.07) is 22.5. The van der Waals surface area contributed by atoms with Gasteiger partial charge in [-0.05, 0) is 148 Å². The maximum Gasteiger partial charge on any atom is 0.407 e. The van der Waals surface area contributed by atoms with Crippen LogP contribution in [0.15, 0.2) is 96.6 Å². The van der Waals surface area contributed by atoms with Gasteiger partial charge in [0.25, 0.3) is 0 Å². The number of carbonyl (C=O) groups excluding carboxylic acids is 6. The Morgan fingerprint density at radius 2 is 1.56 bits per heavy atom. The number of Topliss-reactive ketones (excluding diaryl/α,β-unsaturated/α-hetero) is 1. The van der Waals surface area contributed by atoms with E-state index in [2.05, 4.69) is 16.0 Å². The van der Waals surface area contributed by atoms with E-state index >= 15 is 8.78 Å². The van der Waals surface area contributed by atoms with Gasteiger partial charge in [0.15, 0.2) is 29.1 Å². The van der Waals surface area contributed by atoms with Crippen LogP contribution < -0.4 is 16.0 Å². The molecule has 0 unspecified atom stereocenters. The van der Waals surface area contributed by atoms with Crippen LogP contribution in [0.2, 0.25) is 0 Å². The minimum atomic E-state index is -2.34. The van der Waals surface area contributed by atoms with Gasteiger partial charge in [0.05, 0.1) is 12.2 Å². The number of ketones is 2. The number of rotatable bonds is 15. The zero-order valence-electron chi connectivity index (χ0n) is 45.4. The van der Waals surface area contributed by atoms with Crippen LogP contribution in [-0.4, -0.2) is 113 Å². The van der Waals surface area contributed by atoms with Crippen molar-refractivity contribution in [3.05, 3.63) is 119 Å². The van der Waals surface area contributed by atoms with Crippen molar-refractivity contribution in [3.8, 4) is 11.1 Å². The van der Waals surface area contributed by atoms with Crippen LogP contribution in [0.5, 0.6) is 0 Å². The molecule has 3 aromatic carbocycles. The lowest BCUT2D eigenvalue weighted by Gasteiger charge is -2.63. The van der Waals surface area contributed by atoms with Crippen LogP contribution in [0.25, 0.3) is 11.1 Å². The second-order valence-corrected chi connectivity index (χ2v) is 25.2. The Labute approximate surface area is 458 Å². The molecule has 420 valence electrons. The first-order valence-electron chi connectivity index (χ1n) is 27.9. The minimum Gasteiger partial charge on any atom is -0.460 e. The van der Waals surface area contributed by atoms with E-state index in [9.17, 15) is 39.0 Å². The number of esters is 1. The topological polar surface area (TPSA) is 216 Å². The van der Waals surface area contributed by atoms with Crippen LogP contribution in [0, 0.1) is 34.0 Å². The number of hydrogen-bond acceptors (Lipinski definition) is 12. The Bertz CT molecular complexity index is 2970. The molecule has 0 bridgehead atoms. The molecule has 7 aliphatic carbocycles. The summed E-state index contributed by atoms with van der Waals surface area (Å²) in [6.07, 6.45) is 1.59. The van der Waals surface area contributed by atoms with Gasteiger partial charge >= 0.3 is 12.1 Å². The van der Waals surface area contributed by atoms with Gasteiger partial charge in [-0.1, -0.05) is 85.8 Å². The Kier molecular flexibility index (Phi) is 14.0. The molecule has 1 spiro atoms. The smallest absolute Gasteiger partial charge is 0.407 e. The van der Waals surface area contributed by atoms with Crippen molar-refractivity contribution >= 4 is 35.4 Å². The zero-order valence-corrected chi connectivity index (χ0v) is 45.4. The number of aliphatic hydroxyl groups is 2. The molecule has 0 aromatic heterocycles. The van der Waals surface area contributed by atoms with Gasteiger partial charge < -0.3 is 45.1 Å². The maximum absolute atomic E-state index is 17.8. The first-order valence-corrected chi connectivity index (χ1v) is 27.9. The van der Waals surface area contributed by atoms with Crippen molar-refractivity contribution in [2.45, 2.75) is 158 Å². The highest BCUT2D eigenvalue weighted by Gasteiger charge is 2.80. The van der Waals surface area contributed by atoms with Crippen molar-refractivity contribution in [2.24, 2.45) is 34.0 Å². The van der Waals surface area contributed by atoms with Crippen LogP contribution >= 0.6 is 0 Å². The number of nitrogens with one attached hydrogen (secondary N) is 3. The van der Waals surface area contributed by atoms with E-state index < -0.39 is 119 Å². The highest BCUT2D eigenvalue weighted by Crippen LogP contribution is 2.73. The first-order chi connectivity index (χ1) is 37.5. The average Bonchev–Trinajstić information content (AvgIpc) is 2.26. The lowest BCUT2D eigenvalue weighted by Crippen LogP contribution is -2.70. The van der Waals surface area contributed by atoms with Gasteiger partial charge in [-0.3, -0.25) is 24.0 Å². The molecule has 3 amide bonds. The number of benzene rings is 3. The Morgan fingerprint density at radius 1 is 0.886 bits per heavy atom. The van der Waals surface area contributed by atoms with Gasteiger partial charge in [-0.2, -0.15) is 0 Å². The largest absolute Gasteiger partial charge is 0.460 e. The second kappa shape index (κ2) is 20.1. The van der Waals surface area contributed by atoms with Crippen molar-refractivity contribution in [3.63, 3.8) is 0 Å². The Hall–Kier alpha value is -6.14. The first kappa shape index (κ1) is 54.8. The third kappa shape index (κ3) is 9.33. The highest BCUT2D eigenvalue weighted by atomic mass is 19.1. The van der Waals surface area contributed by atoms with Crippen LogP contribution in [0.1, 0.15) is 127 Å². The molecule has 1 heterocycles. The predicted octanol–water partition coefficient (Wildman–Crippen LogP) is 7.69. The molecule has 6 fully saturated rings. The van der Waals surface area contributed by atoms with Gasteiger partial charge in [-0.25, -0.2) is 13.6 Å². The summed E-state index contributed by atoms with van der Waals surface area (Å²) < 4.78 is 58.2. The number of halogens is 2. The predicted molar refractivity (Wildman–Crippen MR) is 284 cm³/mol. The van der Waals surface area contributed by atoms with Crippen molar-refractivity contribution in [2.75, 3.05) is 19.8 Å². The van der Waals surface area contributed by atoms with Gasteiger partial charge in [-0.15, -0.1) is 0 Å². The molecule has 11 rings (SSSR count). The molecule has 79 heavy (non-hydrogen) atoms. The van der Waals surface area contributed by atoms with E-state index in [0.717, 1.165) is 66.0 Å². The molecule has 11 atom stereocenters. The average molecular weight is 1090 g/mol. The fraction of sp³-hybridized carbons (Fsp3) is 0.548. The molecule has 8 aliphatic rings. The summed E-state index contributed by atoms with van der Waals surface area (Å²) in [7, 11) is 0. The molecule has 15 nitrogen and oxygen atoms in total. The maximum atomic E-state index is 17.8. The standard InChI is InChI=1S/C62H71F2N3O12/c1-57(2,3)78-53(73)19-18-48(67-52(72)31-65-56(75)76-33-43-41-12-8-6-10-39(41)40-11-7-9-13-42(40)43)54(74)66-37-28-60(29-37)26-35(27-60)22-34-14-16-36(17-15-34)55-77-51-25-44-45-24-47(63)46-23-38(69)20-21-58(46,4)61(45,64)49(70)30-59(44,5)62(51,79-55)50(71)32-68/h6-17,20-21,23,35,37,43-45,47-49,51,55,68,70H,18-19,22,24-33H2,1-5H3,(H,65,75)(H,66,74)(H,67,72)/t35?,37?,44-,45-,47-,48-,49-,51+,55+,58-,59-,60?,61-,62+/m0/s1. The molecular formula is C62H71F2N3O12. The number of allylic oxidation sites excluding steroid dienone is 4. The summed E-state index contributed by atoms with van der Waals surface area (Å²) in [5.74, 6) is -4.07. The molecule has 17 heteroatoms. The highest BCUT2D eigenvalue weighted by molar-refractivity contribution is 6.01. The minimum absolute atomic E-state index is 0.00708. The van der Waals surface area contributed by atoms with Gasteiger partial charge in [0.1, 0.15) is 37.6 Å². The van der Waals surface area contributed by atoms with Gasteiger partial charge in [0.2, 0.25) is 11.8 Å². The van der Waals surface area contributed by atoms with E-state index in [0.29, 0.717) is 11.5 Å². The molecule has 5 saturated carbocycles. The second-order valence-electron chi connectivity index (χ2n) is 25.2. The molecule has 1 aliphatic heterocycles. The van der Waals surface area contributed by atoms with Crippen molar-refractivity contribution < 1.29 is 66.7 Å². The lowest BCUT2D eigenvalue weighted by molar-refractivity contribution is -0.235. The molecule has 1 saturated heterocycles. The number of alkyl halides is 2. The van der Waals surface area contributed by atoms with E-state index in [-0.39, 0.29) is 61.7 Å². The number of aliphatic hydroxyl groups excluding tert-OH is 2. The van der Waals surface area contributed by atoms with Crippen LogP contribution in [-0.2, 0) is 49.3 Å². The zero-order chi connectivity index (χ0) is 56.0. The third-order valence-electron chi connectivity index (χ3n) is 19.3. The summed E-state index contributed by atoms with van der Waals surface area (Å²) >= 11 is 0. The Morgan fingerprint density at radius 3 is 2.22 bits per heavy atom. The molecule has 3 aromatic rings. The fourth-order valence-corrected chi connectivity index (χ4v) is 15.9. The van der Waals surface area contributed by atoms with Crippen molar-refractivity contribution in [1.82, 2.24) is 16.0 Å². The van der Waals surface area contributed by atoms with E-state index in [1.807, 2.05) is 72.8 Å². The van der Waals surface area contributed by atoms with E-state index in [1.54, 1.807) is 27.7 Å². The molecular weight excluding hydrogens is 1020 g/mol. The lowest BCUT2D eigenvalue weighted by atomic mass is 9.44. The van der Waals surface area contributed by atoms with E-state index in [1.165, 1.54) is 19.1 Å². The number of carbonyl (C=O) groups is 6. The van der Waals surface area contributed by atoms with Crippen LogP contribution in [0.3, 0.4) is 0 Å². The third-order valence-corrected chi connectivity index (χ3v) is 19.3. The Balaban J connectivity index is 0.665. The van der Waals surface area contributed by atoms with E-state index in [4.69, 9.17) is 18.9 Å². The van der Waals surface area contributed by atoms with Gasteiger partial charge in [0, 0.05) is 40.7 Å². The summed E-state index contributed by atoms with van der Waals surface area (Å²) in [5.41, 5.74) is -1.51. The normalized spacial score (nSPS) is 34.9. The van der Waals surface area contributed by atoms with Crippen molar-refractivity contribution in [1.29, 1.82) is 0 Å². The number of alkyl carbamates (subject to hydrolysis) is 1. The number of ether oxygens (including phenoxy) is 4. The molecule has 5 N–H and O–H groups in total.